The minimum atomic E-state index is -0.549. The lowest BCUT2D eigenvalue weighted by Gasteiger charge is -2.08. The lowest BCUT2D eigenvalue weighted by atomic mass is 10.2. The van der Waals surface area contributed by atoms with Gasteiger partial charge in [0.15, 0.2) is 0 Å². The number of nitrogens with one attached hydrogen (secondary N) is 1. The first-order valence-corrected chi connectivity index (χ1v) is 4.23. The van der Waals surface area contributed by atoms with E-state index >= 15 is 0 Å². The number of anilines is 1. The standard InChI is InChI=1S/C9H10ClNO3/c1-13-6-3-4-7(9(10)12)8(5-6)11-14-2/h3-5,11H,1-2H3. The van der Waals surface area contributed by atoms with Crippen LogP contribution in [0.5, 0.6) is 5.75 Å². The van der Waals surface area contributed by atoms with Crippen molar-refractivity contribution in [1.82, 2.24) is 0 Å². The summed E-state index contributed by atoms with van der Waals surface area (Å²) in [5, 5.41) is -0.549. The summed E-state index contributed by atoms with van der Waals surface area (Å²) in [4.78, 5) is 15.7. The molecule has 0 aliphatic heterocycles. The number of hydrogen-bond acceptors (Lipinski definition) is 4. The van der Waals surface area contributed by atoms with Crippen molar-refractivity contribution in [2.24, 2.45) is 0 Å². The molecule has 0 spiro atoms. The molecule has 76 valence electrons. The van der Waals surface area contributed by atoms with Crippen LogP contribution < -0.4 is 10.2 Å². The van der Waals surface area contributed by atoms with Crippen molar-refractivity contribution in [1.29, 1.82) is 0 Å². The van der Waals surface area contributed by atoms with Crippen molar-refractivity contribution >= 4 is 22.5 Å². The highest BCUT2D eigenvalue weighted by Gasteiger charge is 2.09. The van der Waals surface area contributed by atoms with E-state index in [9.17, 15) is 4.79 Å². The second-order valence-corrected chi connectivity index (χ2v) is 2.83. The van der Waals surface area contributed by atoms with Gasteiger partial charge in [0.2, 0.25) is 0 Å². The van der Waals surface area contributed by atoms with Gasteiger partial charge in [0, 0.05) is 6.07 Å². The Morgan fingerprint density at radius 2 is 2.14 bits per heavy atom. The topological polar surface area (TPSA) is 47.6 Å². The fourth-order valence-corrected chi connectivity index (χ4v) is 1.18. The van der Waals surface area contributed by atoms with Gasteiger partial charge in [0.05, 0.1) is 25.5 Å². The molecule has 1 aromatic rings. The minimum Gasteiger partial charge on any atom is -0.497 e. The average Bonchev–Trinajstić information content (AvgIpc) is 2.17. The molecule has 0 amide bonds. The van der Waals surface area contributed by atoms with Gasteiger partial charge in [-0.2, -0.15) is 0 Å². The zero-order chi connectivity index (χ0) is 10.6. The Morgan fingerprint density at radius 1 is 1.43 bits per heavy atom. The lowest BCUT2D eigenvalue weighted by Crippen LogP contribution is -2.02. The smallest absolute Gasteiger partial charge is 0.254 e. The maximum absolute atomic E-state index is 11.0. The van der Waals surface area contributed by atoms with Crippen LogP contribution in [0.15, 0.2) is 18.2 Å². The molecule has 0 aliphatic carbocycles. The van der Waals surface area contributed by atoms with Crippen LogP contribution in [-0.4, -0.2) is 19.5 Å². The van der Waals surface area contributed by atoms with Crippen molar-refractivity contribution in [3.8, 4) is 5.75 Å². The number of carbonyl (C=O) groups is 1. The molecule has 0 saturated carbocycles. The highest BCUT2D eigenvalue weighted by Crippen LogP contribution is 2.23. The summed E-state index contributed by atoms with van der Waals surface area (Å²) in [6.07, 6.45) is 0. The third-order valence-corrected chi connectivity index (χ3v) is 1.85. The van der Waals surface area contributed by atoms with Crippen LogP contribution >= 0.6 is 11.6 Å². The zero-order valence-corrected chi connectivity index (χ0v) is 8.59. The Balaban J connectivity index is 3.10. The van der Waals surface area contributed by atoms with Gasteiger partial charge in [-0.1, -0.05) is 0 Å². The Hall–Kier alpha value is -1.26. The molecule has 1 aromatic carbocycles. The largest absolute Gasteiger partial charge is 0.497 e. The van der Waals surface area contributed by atoms with Crippen LogP contribution in [0.2, 0.25) is 0 Å². The summed E-state index contributed by atoms with van der Waals surface area (Å²) in [6.45, 7) is 0. The summed E-state index contributed by atoms with van der Waals surface area (Å²) in [5.74, 6) is 0.617. The molecule has 0 bridgehead atoms. The Kier molecular flexibility index (Phi) is 3.73. The van der Waals surface area contributed by atoms with Crippen molar-refractivity contribution in [2.45, 2.75) is 0 Å². The van der Waals surface area contributed by atoms with Crippen LogP contribution in [0, 0.1) is 0 Å². The molecule has 0 heterocycles. The molecule has 1 rings (SSSR count). The summed E-state index contributed by atoms with van der Waals surface area (Å²) >= 11 is 5.36. The maximum Gasteiger partial charge on any atom is 0.254 e. The van der Waals surface area contributed by atoms with Crippen molar-refractivity contribution in [2.75, 3.05) is 19.7 Å². The predicted octanol–water partition coefficient (Wildman–Crippen LogP) is 2.05. The first kappa shape index (κ1) is 10.8. The molecule has 0 aromatic heterocycles. The van der Waals surface area contributed by atoms with Gasteiger partial charge >= 0.3 is 0 Å². The number of rotatable bonds is 4. The second-order valence-electron chi connectivity index (χ2n) is 2.49. The van der Waals surface area contributed by atoms with Crippen molar-refractivity contribution < 1.29 is 14.4 Å². The number of hydrogen-bond donors (Lipinski definition) is 1. The number of carbonyl (C=O) groups excluding carboxylic acids is 1. The van der Waals surface area contributed by atoms with Gasteiger partial charge in [0.1, 0.15) is 5.75 Å². The van der Waals surface area contributed by atoms with E-state index in [0.717, 1.165) is 0 Å². The van der Waals surface area contributed by atoms with Gasteiger partial charge < -0.3 is 4.74 Å². The first-order chi connectivity index (χ1) is 6.69. The molecular formula is C9H10ClNO3. The van der Waals surface area contributed by atoms with Crippen LogP contribution in [0.25, 0.3) is 0 Å². The van der Waals surface area contributed by atoms with Crippen LogP contribution in [0.4, 0.5) is 5.69 Å². The lowest BCUT2D eigenvalue weighted by molar-refractivity contribution is 0.108. The van der Waals surface area contributed by atoms with Crippen LogP contribution in [0.1, 0.15) is 10.4 Å². The molecule has 0 fully saturated rings. The highest BCUT2D eigenvalue weighted by atomic mass is 35.5. The molecule has 4 nitrogen and oxygen atoms in total. The van der Waals surface area contributed by atoms with Crippen molar-refractivity contribution in [3.63, 3.8) is 0 Å². The summed E-state index contributed by atoms with van der Waals surface area (Å²) in [7, 11) is 2.98. The molecule has 0 radical (unpaired) electrons. The molecule has 0 atom stereocenters. The Morgan fingerprint density at radius 3 is 2.64 bits per heavy atom. The fourth-order valence-electron chi connectivity index (χ4n) is 1.02. The van der Waals surface area contributed by atoms with Crippen LogP contribution in [-0.2, 0) is 4.84 Å². The van der Waals surface area contributed by atoms with E-state index in [1.54, 1.807) is 18.2 Å². The normalized spacial score (nSPS) is 9.64. The van der Waals surface area contributed by atoms with E-state index in [-0.39, 0.29) is 0 Å². The maximum atomic E-state index is 11.0. The van der Waals surface area contributed by atoms with Gasteiger partial charge in [-0.15, -0.1) is 0 Å². The third kappa shape index (κ3) is 2.37. The van der Waals surface area contributed by atoms with E-state index in [2.05, 4.69) is 5.48 Å². The van der Waals surface area contributed by atoms with Gasteiger partial charge in [-0.05, 0) is 23.7 Å². The summed E-state index contributed by atoms with van der Waals surface area (Å²) in [5.41, 5.74) is 3.37. The van der Waals surface area contributed by atoms with E-state index < -0.39 is 5.24 Å². The number of ether oxygens (including phenoxy) is 1. The SMILES string of the molecule is CONc1cc(OC)ccc1C(=O)Cl. The van der Waals surface area contributed by atoms with E-state index in [4.69, 9.17) is 21.2 Å². The summed E-state index contributed by atoms with van der Waals surface area (Å²) < 4.78 is 4.99. The number of benzene rings is 1. The van der Waals surface area contributed by atoms with Gasteiger partial charge in [0.25, 0.3) is 5.24 Å². The quantitative estimate of drug-likeness (QED) is 0.617. The zero-order valence-electron chi connectivity index (χ0n) is 7.83. The van der Waals surface area contributed by atoms with E-state index in [0.29, 0.717) is 17.0 Å². The number of halogens is 1. The monoisotopic (exact) mass is 215 g/mol. The Bertz CT molecular complexity index is 341. The molecule has 14 heavy (non-hydrogen) atoms. The highest BCUT2D eigenvalue weighted by molar-refractivity contribution is 6.68. The van der Waals surface area contributed by atoms with Crippen LogP contribution in [0.3, 0.4) is 0 Å². The third-order valence-electron chi connectivity index (χ3n) is 1.65. The molecule has 1 N–H and O–H groups in total. The van der Waals surface area contributed by atoms with Gasteiger partial charge in [-0.25, -0.2) is 0 Å². The minimum absolute atomic E-state index is 0.342. The van der Waals surface area contributed by atoms with Crippen molar-refractivity contribution in [3.05, 3.63) is 23.8 Å². The number of methoxy groups -OCH3 is 1. The molecule has 0 aliphatic rings. The average molecular weight is 216 g/mol. The van der Waals surface area contributed by atoms with Gasteiger partial charge in [-0.3, -0.25) is 15.1 Å². The first-order valence-electron chi connectivity index (χ1n) is 3.86. The molecular weight excluding hydrogens is 206 g/mol. The fraction of sp³-hybridized carbons (Fsp3) is 0.222. The molecule has 0 unspecified atom stereocenters. The van der Waals surface area contributed by atoms with E-state index in [1.807, 2.05) is 0 Å². The summed E-state index contributed by atoms with van der Waals surface area (Å²) in [6, 6.07) is 4.84. The molecule has 5 heteroatoms. The van der Waals surface area contributed by atoms with E-state index in [1.165, 1.54) is 14.2 Å². The second kappa shape index (κ2) is 4.83. The molecule has 0 saturated heterocycles. The Labute approximate surface area is 86.7 Å². The predicted molar refractivity (Wildman–Crippen MR) is 53.8 cm³/mol.